The van der Waals surface area contributed by atoms with Crippen molar-refractivity contribution in [3.05, 3.63) is 36.4 Å². The van der Waals surface area contributed by atoms with Gasteiger partial charge in [0.1, 0.15) is 5.52 Å². The van der Waals surface area contributed by atoms with Crippen molar-refractivity contribution in [3.8, 4) is 11.5 Å². The minimum Gasteiger partial charge on any atom is -0.334 e. The third-order valence-corrected chi connectivity index (χ3v) is 3.86. The molecule has 0 saturated heterocycles. The van der Waals surface area contributed by atoms with E-state index in [9.17, 15) is 0 Å². The number of aromatic nitrogens is 4. The molecule has 0 aliphatic rings. The van der Waals surface area contributed by atoms with Gasteiger partial charge in [-0.25, -0.2) is 0 Å². The average Bonchev–Trinajstić information content (AvgIpc) is 3.04. The van der Waals surface area contributed by atoms with E-state index in [1.165, 1.54) is 0 Å². The SMILES string of the molecule is CCC(N)(CC)c1noc(-c2cccc3nccnc23)n1. The molecule has 0 aliphatic heterocycles. The molecule has 2 heterocycles. The predicted octanol–water partition coefficient (Wildman–Crippen LogP) is 2.65. The molecule has 2 aromatic heterocycles. The number of fused-ring (bicyclic) bond motifs is 1. The van der Waals surface area contributed by atoms with E-state index in [4.69, 9.17) is 10.3 Å². The van der Waals surface area contributed by atoms with Gasteiger partial charge in [0.2, 0.25) is 0 Å². The summed E-state index contributed by atoms with van der Waals surface area (Å²) in [6.07, 6.45) is 4.80. The molecule has 0 bridgehead atoms. The second-order valence-electron chi connectivity index (χ2n) is 5.02. The third kappa shape index (κ3) is 2.27. The molecule has 0 spiro atoms. The van der Waals surface area contributed by atoms with E-state index in [1.54, 1.807) is 12.4 Å². The summed E-state index contributed by atoms with van der Waals surface area (Å²) in [5.74, 6) is 0.955. The maximum Gasteiger partial charge on any atom is 0.260 e. The fraction of sp³-hybridized carbons (Fsp3) is 0.333. The molecule has 2 N–H and O–H groups in total. The monoisotopic (exact) mass is 283 g/mol. The lowest BCUT2D eigenvalue weighted by Crippen LogP contribution is -2.36. The summed E-state index contributed by atoms with van der Waals surface area (Å²) in [4.78, 5) is 13.1. The predicted molar refractivity (Wildman–Crippen MR) is 79.3 cm³/mol. The second-order valence-corrected chi connectivity index (χ2v) is 5.02. The summed E-state index contributed by atoms with van der Waals surface area (Å²) in [5.41, 5.74) is 8.06. The van der Waals surface area contributed by atoms with Crippen LogP contribution in [0.15, 0.2) is 35.1 Å². The Morgan fingerprint density at radius 3 is 2.67 bits per heavy atom. The van der Waals surface area contributed by atoms with Crippen LogP contribution in [0.2, 0.25) is 0 Å². The van der Waals surface area contributed by atoms with Crippen LogP contribution in [-0.4, -0.2) is 20.1 Å². The number of nitrogens with two attached hydrogens (primary N) is 1. The van der Waals surface area contributed by atoms with Crippen LogP contribution >= 0.6 is 0 Å². The van der Waals surface area contributed by atoms with Crippen LogP contribution in [-0.2, 0) is 5.54 Å². The molecule has 0 aliphatic carbocycles. The maximum absolute atomic E-state index is 6.31. The Kier molecular flexibility index (Phi) is 3.39. The van der Waals surface area contributed by atoms with Gasteiger partial charge in [0.05, 0.1) is 16.6 Å². The molecule has 0 unspecified atom stereocenters. The van der Waals surface area contributed by atoms with E-state index in [1.807, 2.05) is 32.0 Å². The molecule has 1 aromatic carbocycles. The summed E-state index contributed by atoms with van der Waals surface area (Å²) in [6.45, 7) is 4.03. The molecule has 0 radical (unpaired) electrons. The number of para-hydroxylation sites is 1. The van der Waals surface area contributed by atoms with Gasteiger partial charge in [0.25, 0.3) is 5.89 Å². The highest BCUT2D eigenvalue weighted by molar-refractivity contribution is 5.88. The molecule has 0 atom stereocenters. The van der Waals surface area contributed by atoms with Gasteiger partial charge in [-0.05, 0) is 25.0 Å². The van der Waals surface area contributed by atoms with Gasteiger partial charge in [-0.2, -0.15) is 4.98 Å². The van der Waals surface area contributed by atoms with Crippen molar-refractivity contribution >= 4 is 11.0 Å². The molecular weight excluding hydrogens is 266 g/mol. The number of rotatable bonds is 4. The van der Waals surface area contributed by atoms with Crippen molar-refractivity contribution in [2.24, 2.45) is 5.73 Å². The zero-order valence-electron chi connectivity index (χ0n) is 12.1. The van der Waals surface area contributed by atoms with Crippen LogP contribution < -0.4 is 5.73 Å². The molecule has 0 saturated carbocycles. The molecule has 3 aromatic rings. The summed E-state index contributed by atoms with van der Waals surface area (Å²) < 4.78 is 5.40. The van der Waals surface area contributed by atoms with E-state index in [-0.39, 0.29) is 0 Å². The van der Waals surface area contributed by atoms with E-state index in [2.05, 4.69) is 20.1 Å². The molecular formula is C15H17N5O. The standard InChI is InChI=1S/C15H17N5O/c1-3-15(16,4-2)14-19-13(21-20-14)10-6-5-7-11-12(10)18-9-8-17-11/h5-9H,3-4,16H2,1-2H3. The van der Waals surface area contributed by atoms with Crippen LogP contribution in [0.4, 0.5) is 0 Å². The van der Waals surface area contributed by atoms with E-state index in [0.717, 1.165) is 29.4 Å². The number of hydrogen-bond donors (Lipinski definition) is 1. The first-order valence-corrected chi connectivity index (χ1v) is 7.01. The van der Waals surface area contributed by atoms with Crippen molar-refractivity contribution in [3.63, 3.8) is 0 Å². The molecule has 0 fully saturated rings. The Balaban J connectivity index is 2.11. The average molecular weight is 283 g/mol. The van der Waals surface area contributed by atoms with Gasteiger partial charge >= 0.3 is 0 Å². The molecule has 108 valence electrons. The van der Waals surface area contributed by atoms with E-state index >= 15 is 0 Å². The normalized spacial score (nSPS) is 12.0. The maximum atomic E-state index is 6.31. The fourth-order valence-corrected chi connectivity index (χ4v) is 2.27. The Morgan fingerprint density at radius 1 is 1.14 bits per heavy atom. The first kappa shape index (κ1) is 13.6. The van der Waals surface area contributed by atoms with Gasteiger partial charge in [-0.3, -0.25) is 9.97 Å². The van der Waals surface area contributed by atoms with E-state index < -0.39 is 5.54 Å². The number of nitrogens with zero attached hydrogens (tertiary/aromatic N) is 4. The lowest BCUT2D eigenvalue weighted by Gasteiger charge is -2.21. The van der Waals surface area contributed by atoms with Gasteiger partial charge in [0.15, 0.2) is 5.82 Å². The van der Waals surface area contributed by atoms with Crippen molar-refractivity contribution in [2.45, 2.75) is 32.2 Å². The van der Waals surface area contributed by atoms with Gasteiger partial charge < -0.3 is 10.3 Å². The Bertz CT molecular complexity index is 758. The van der Waals surface area contributed by atoms with Crippen molar-refractivity contribution in [1.82, 2.24) is 20.1 Å². The highest BCUT2D eigenvalue weighted by Gasteiger charge is 2.29. The fourth-order valence-electron chi connectivity index (χ4n) is 2.27. The van der Waals surface area contributed by atoms with Gasteiger partial charge in [-0.1, -0.05) is 25.1 Å². The largest absolute Gasteiger partial charge is 0.334 e. The Labute approximate surface area is 122 Å². The summed E-state index contributed by atoms with van der Waals surface area (Å²) in [5, 5.41) is 4.05. The van der Waals surface area contributed by atoms with Crippen LogP contribution in [0.5, 0.6) is 0 Å². The lowest BCUT2D eigenvalue weighted by atomic mass is 9.93. The molecule has 21 heavy (non-hydrogen) atoms. The Morgan fingerprint density at radius 2 is 1.90 bits per heavy atom. The number of hydrogen-bond acceptors (Lipinski definition) is 6. The first-order chi connectivity index (χ1) is 10.2. The molecule has 6 heteroatoms. The van der Waals surface area contributed by atoms with Crippen LogP contribution in [0, 0.1) is 0 Å². The van der Waals surface area contributed by atoms with Crippen LogP contribution in [0.1, 0.15) is 32.5 Å². The van der Waals surface area contributed by atoms with Crippen LogP contribution in [0.25, 0.3) is 22.5 Å². The van der Waals surface area contributed by atoms with Crippen LogP contribution in [0.3, 0.4) is 0 Å². The molecule has 6 nitrogen and oxygen atoms in total. The minimum atomic E-state index is -0.558. The summed E-state index contributed by atoms with van der Waals surface area (Å²) in [6, 6.07) is 5.68. The van der Waals surface area contributed by atoms with E-state index in [0.29, 0.717) is 11.7 Å². The smallest absolute Gasteiger partial charge is 0.260 e. The number of benzene rings is 1. The zero-order chi connectivity index (χ0) is 14.9. The highest BCUT2D eigenvalue weighted by atomic mass is 16.5. The highest BCUT2D eigenvalue weighted by Crippen LogP contribution is 2.28. The molecule has 0 amide bonds. The molecule has 3 rings (SSSR count). The third-order valence-electron chi connectivity index (χ3n) is 3.86. The van der Waals surface area contributed by atoms with Crippen molar-refractivity contribution in [1.29, 1.82) is 0 Å². The Hall–Kier alpha value is -2.34. The quantitative estimate of drug-likeness (QED) is 0.791. The van der Waals surface area contributed by atoms with Gasteiger partial charge in [0, 0.05) is 12.4 Å². The minimum absolute atomic E-state index is 0.424. The second kappa shape index (κ2) is 5.21. The topological polar surface area (TPSA) is 90.7 Å². The zero-order valence-corrected chi connectivity index (χ0v) is 12.1. The summed E-state index contributed by atoms with van der Waals surface area (Å²) in [7, 11) is 0. The van der Waals surface area contributed by atoms with Gasteiger partial charge in [-0.15, -0.1) is 0 Å². The lowest BCUT2D eigenvalue weighted by molar-refractivity contribution is 0.350. The first-order valence-electron chi connectivity index (χ1n) is 7.01. The van der Waals surface area contributed by atoms with Crippen molar-refractivity contribution < 1.29 is 4.52 Å². The summed E-state index contributed by atoms with van der Waals surface area (Å²) >= 11 is 0. The van der Waals surface area contributed by atoms with Crippen molar-refractivity contribution in [2.75, 3.05) is 0 Å².